The number of carbonyl (C=O) groups excluding carboxylic acids is 3. The molecule has 3 aromatic heterocycles. The first-order chi connectivity index (χ1) is 28.4. The Hall–Kier alpha value is -6.41. The number of piperazine rings is 1. The summed E-state index contributed by atoms with van der Waals surface area (Å²) in [5.41, 5.74) is 9.58. The number of nitrogens with zero attached hydrogens (tertiary/aromatic N) is 6. The second-order valence-corrected chi connectivity index (χ2v) is 16.6. The van der Waals surface area contributed by atoms with Gasteiger partial charge >= 0.3 is 0 Å². The minimum absolute atomic E-state index is 0.0205. The summed E-state index contributed by atoms with van der Waals surface area (Å²) in [7, 11) is 0. The van der Waals surface area contributed by atoms with E-state index in [2.05, 4.69) is 94.6 Å². The van der Waals surface area contributed by atoms with Crippen LogP contribution in [0.4, 0.5) is 11.4 Å². The molecular weight excluding hydrogens is 745 g/mol. The third-order valence-electron chi connectivity index (χ3n) is 11.2. The van der Waals surface area contributed by atoms with Crippen LogP contribution in [0.5, 0.6) is 0 Å². The van der Waals surface area contributed by atoms with Crippen LogP contribution in [0, 0.1) is 6.92 Å². The second kappa shape index (κ2) is 16.5. The number of rotatable bonds is 11. The predicted octanol–water partition coefficient (Wildman–Crippen LogP) is 6.35. The summed E-state index contributed by atoms with van der Waals surface area (Å²) < 4.78 is 5.31. The first-order valence-corrected chi connectivity index (χ1v) is 20.2. The molecule has 2 aliphatic rings. The van der Waals surface area contributed by atoms with Crippen molar-refractivity contribution in [1.29, 1.82) is 0 Å². The molecule has 2 aliphatic heterocycles. The van der Waals surface area contributed by atoms with E-state index < -0.39 is 0 Å². The van der Waals surface area contributed by atoms with Gasteiger partial charge in [-0.05, 0) is 85.3 Å². The normalized spacial score (nSPS) is 16.9. The lowest BCUT2D eigenvalue weighted by atomic mass is 9.97. The summed E-state index contributed by atoms with van der Waals surface area (Å²) in [6.07, 6.45) is 3.71. The van der Waals surface area contributed by atoms with Gasteiger partial charge in [-0.1, -0.05) is 62.3 Å². The van der Waals surface area contributed by atoms with Gasteiger partial charge < -0.3 is 20.1 Å². The maximum absolute atomic E-state index is 12.9. The van der Waals surface area contributed by atoms with Crippen molar-refractivity contribution in [3.8, 4) is 22.4 Å². The first-order valence-electron chi connectivity index (χ1n) is 20.2. The number of hydrogen-bond acceptors (Lipinski definition) is 11. The topological polar surface area (TPSA) is 174 Å². The molecule has 304 valence electrons. The number of carbonyl (C=O) groups is 3. The molecule has 59 heavy (non-hydrogen) atoms. The van der Waals surface area contributed by atoms with Crippen molar-refractivity contribution in [2.75, 3.05) is 42.9 Å². The lowest BCUT2D eigenvalue weighted by Gasteiger charge is -2.36. The number of imide groups is 1. The van der Waals surface area contributed by atoms with E-state index in [1.807, 2.05) is 65.1 Å². The highest BCUT2D eigenvalue weighted by Gasteiger charge is 2.27. The van der Waals surface area contributed by atoms with Crippen molar-refractivity contribution in [3.05, 3.63) is 107 Å². The molecule has 3 aromatic carbocycles. The van der Waals surface area contributed by atoms with E-state index in [1.165, 1.54) is 11.3 Å². The van der Waals surface area contributed by atoms with E-state index in [9.17, 15) is 14.4 Å². The zero-order valence-corrected chi connectivity index (χ0v) is 34.1. The van der Waals surface area contributed by atoms with Gasteiger partial charge in [-0.2, -0.15) is 10.1 Å². The fourth-order valence-corrected chi connectivity index (χ4v) is 7.73. The Labute approximate surface area is 343 Å². The fraction of sp³-hybridized carbons (Fsp3) is 0.356. The number of anilines is 2. The molecular formula is C45H50N10O4. The first kappa shape index (κ1) is 39.4. The minimum atomic E-state index is -0.386. The van der Waals surface area contributed by atoms with Gasteiger partial charge in [0.05, 0.1) is 6.04 Å². The van der Waals surface area contributed by atoms with E-state index in [0.717, 1.165) is 83.7 Å². The third-order valence-corrected chi connectivity index (χ3v) is 11.2. The van der Waals surface area contributed by atoms with Crippen molar-refractivity contribution in [2.45, 2.75) is 71.4 Å². The quantitative estimate of drug-likeness (QED) is 0.108. The van der Waals surface area contributed by atoms with Gasteiger partial charge in [-0.15, -0.1) is 0 Å². The minimum Gasteiger partial charge on any atom is -0.374 e. The van der Waals surface area contributed by atoms with E-state index in [0.29, 0.717) is 24.4 Å². The summed E-state index contributed by atoms with van der Waals surface area (Å²) in [5, 5.41) is 21.2. The van der Waals surface area contributed by atoms with Crippen LogP contribution >= 0.6 is 0 Å². The maximum atomic E-state index is 12.9. The van der Waals surface area contributed by atoms with Crippen LogP contribution in [0.2, 0.25) is 0 Å². The van der Waals surface area contributed by atoms with E-state index in [4.69, 9.17) is 9.51 Å². The van der Waals surface area contributed by atoms with Crippen molar-refractivity contribution in [3.63, 3.8) is 0 Å². The molecule has 0 saturated carbocycles. The molecule has 0 aliphatic carbocycles. The van der Waals surface area contributed by atoms with Gasteiger partial charge in [0.15, 0.2) is 5.65 Å². The number of hydrogen-bond donors (Lipinski definition) is 4. The molecule has 2 fully saturated rings. The average molecular weight is 795 g/mol. The van der Waals surface area contributed by atoms with Crippen LogP contribution in [0.1, 0.15) is 79.8 Å². The van der Waals surface area contributed by atoms with Crippen LogP contribution in [0.3, 0.4) is 0 Å². The number of benzene rings is 3. The number of amides is 3. The van der Waals surface area contributed by atoms with Gasteiger partial charge in [0, 0.05) is 78.6 Å². The van der Waals surface area contributed by atoms with Crippen molar-refractivity contribution < 1.29 is 18.9 Å². The Kier molecular flexibility index (Phi) is 11.0. The highest BCUT2D eigenvalue weighted by atomic mass is 16.5. The Balaban J connectivity index is 0.852. The van der Waals surface area contributed by atoms with Crippen LogP contribution in [-0.4, -0.2) is 86.7 Å². The molecule has 6 aromatic rings. The number of aryl methyl sites for hydroxylation is 1. The number of aromatic nitrogens is 5. The largest absolute Gasteiger partial charge is 0.374 e. The zero-order valence-electron chi connectivity index (χ0n) is 34.1. The molecule has 14 heteroatoms. The maximum Gasteiger partial charge on any atom is 0.293 e. The average Bonchev–Trinajstić information content (AvgIpc) is 3.91. The molecule has 3 amide bonds. The SMILES string of the molecule is Cc1cc(-c2n[nH]c3ncc(-c4ccc(N5CCN(CCc6ccc(NC7CCC(=O)NC7=O)cc6)CC5)cc4)cc23)ccc1C(C)NC(=O)c1noc(C(C)(C)C)n1. The number of piperidine rings is 1. The lowest BCUT2D eigenvalue weighted by molar-refractivity contribution is -0.133. The smallest absolute Gasteiger partial charge is 0.293 e. The standard InChI is InChI=1S/C45H50N10O4/c1-27-24-31(10-15-35(27)28(2)47-43(58)41-50-44(59-53-41)45(3,4)5)39-36-25-32(26-46-40(36)52-51-39)30-8-13-34(14-9-30)55-22-20-54(21-23-55)19-18-29-6-11-33(12-7-29)48-37-16-17-38(56)49-42(37)57/h6-15,24-26,28,37,48H,16-23H2,1-5H3,(H,47,58)(H,46,51,52)(H,49,56,57). The molecule has 14 nitrogen and oxygen atoms in total. The molecule has 4 N–H and O–H groups in total. The monoisotopic (exact) mass is 794 g/mol. The molecule has 0 spiro atoms. The number of H-pyrrole nitrogens is 1. The summed E-state index contributed by atoms with van der Waals surface area (Å²) in [6, 6.07) is 24.6. The van der Waals surface area contributed by atoms with E-state index >= 15 is 0 Å². The van der Waals surface area contributed by atoms with Gasteiger partial charge in [0.1, 0.15) is 11.7 Å². The summed E-state index contributed by atoms with van der Waals surface area (Å²) in [5.74, 6) is -0.416. The Morgan fingerprint density at radius 3 is 2.39 bits per heavy atom. The summed E-state index contributed by atoms with van der Waals surface area (Å²) >= 11 is 0. The molecule has 5 heterocycles. The number of aromatic amines is 1. The van der Waals surface area contributed by atoms with Gasteiger partial charge in [0.25, 0.3) is 11.7 Å². The van der Waals surface area contributed by atoms with Crippen LogP contribution < -0.4 is 20.9 Å². The van der Waals surface area contributed by atoms with Crippen LogP contribution in [-0.2, 0) is 21.4 Å². The van der Waals surface area contributed by atoms with E-state index in [1.54, 1.807) is 0 Å². The number of pyridine rings is 1. The Morgan fingerprint density at radius 2 is 1.69 bits per heavy atom. The number of nitrogens with one attached hydrogen (secondary N) is 4. The van der Waals surface area contributed by atoms with Crippen LogP contribution in [0.15, 0.2) is 83.5 Å². The molecule has 8 rings (SSSR count). The fourth-order valence-electron chi connectivity index (χ4n) is 7.73. The van der Waals surface area contributed by atoms with E-state index in [-0.39, 0.29) is 41.0 Å². The van der Waals surface area contributed by atoms with Crippen molar-refractivity contribution in [2.24, 2.45) is 0 Å². The van der Waals surface area contributed by atoms with Crippen molar-refractivity contribution >= 4 is 40.1 Å². The molecule has 0 bridgehead atoms. The zero-order chi connectivity index (χ0) is 41.3. The van der Waals surface area contributed by atoms with Gasteiger partial charge in [-0.25, -0.2) is 4.98 Å². The number of fused-ring (bicyclic) bond motifs is 1. The second-order valence-electron chi connectivity index (χ2n) is 16.6. The van der Waals surface area contributed by atoms with Gasteiger partial charge in [-0.3, -0.25) is 29.7 Å². The highest BCUT2D eigenvalue weighted by Crippen LogP contribution is 2.32. The Bertz CT molecular complexity index is 2480. The van der Waals surface area contributed by atoms with Gasteiger partial charge in [0.2, 0.25) is 17.7 Å². The lowest BCUT2D eigenvalue weighted by Crippen LogP contribution is -2.47. The molecule has 0 radical (unpaired) electrons. The summed E-state index contributed by atoms with van der Waals surface area (Å²) in [4.78, 5) is 50.4. The van der Waals surface area contributed by atoms with Crippen LogP contribution in [0.25, 0.3) is 33.4 Å². The molecule has 2 unspecified atom stereocenters. The molecule has 2 atom stereocenters. The Morgan fingerprint density at radius 1 is 0.949 bits per heavy atom. The third kappa shape index (κ3) is 8.87. The summed E-state index contributed by atoms with van der Waals surface area (Å²) in [6.45, 7) is 14.7. The highest BCUT2D eigenvalue weighted by molar-refractivity contribution is 6.01. The van der Waals surface area contributed by atoms with Crippen molar-refractivity contribution in [1.82, 2.24) is 40.9 Å². The predicted molar refractivity (Wildman–Crippen MR) is 227 cm³/mol. The molecule has 2 saturated heterocycles.